The first-order chi connectivity index (χ1) is 9.97. The first-order valence-electron chi connectivity index (χ1n) is 7.26. The van der Waals surface area contributed by atoms with Gasteiger partial charge in [-0.2, -0.15) is 0 Å². The summed E-state index contributed by atoms with van der Waals surface area (Å²) in [5, 5.41) is 9.53. The molecule has 21 heavy (non-hydrogen) atoms. The van der Waals surface area contributed by atoms with Gasteiger partial charge < -0.3 is 9.84 Å². The molecule has 1 fully saturated rings. The Morgan fingerprint density at radius 2 is 2.24 bits per heavy atom. The quantitative estimate of drug-likeness (QED) is 0.805. The van der Waals surface area contributed by atoms with E-state index >= 15 is 0 Å². The molecule has 0 aliphatic heterocycles. The Morgan fingerprint density at radius 1 is 1.48 bits per heavy atom. The summed E-state index contributed by atoms with van der Waals surface area (Å²) in [6.45, 7) is 6.42. The van der Waals surface area contributed by atoms with Gasteiger partial charge in [-0.1, -0.05) is 36.2 Å². The minimum Gasteiger partial charge on any atom is -0.478 e. The fourth-order valence-electron chi connectivity index (χ4n) is 2.83. The van der Waals surface area contributed by atoms with E-state index in [1.807, 2.05) is 13.0 Å². The molecule has 0 amide bonds. The lowest BCUT2D eigenvalue weighted by Crippen LogP contribution is -2.22. The summed E-state index contributed by atoms with van der Waals surface area (Å²) in [5.74, 6) is -0.612. The number of ether oxygens (including phenoxy) is 1. The van der Waals surface area contributed by atoms with Crippen LogP contribution in [0.25, 0.3) is 0 Å². The van der Waals surface area contributed by atoms with Crippen LogP contribution < -0.4 is 0 Å². The molecule has 1 aliphatic carbocycles. The Balaban J connectivity index is 2.07. The first-order valence-corrected chi connectivity index (χ1v) is 7.64. The SMILES string of the molecule is C=C(C)COC1CCCC(c2ccc(C(=O)O)cc2Cl)C1. The van der Waals surface area contributed by atoms with Gasteiger partial charge in [-0.25, -0.2) is 4.79 Å². The third kappa shape index (κ3) is 4.32. The predicted octanol–water partition coefficient (Wildman–Crippen LogP) is 4.66. The second-order valence-corrected chi connectivity index (χ2v) is 6.20. The minimum absolute atomic E-state index is 0.231. The van der Waals surface area contributed by atoms with Gasteiger partial charge in [0.25, 0.3) is 0 Å². The lowest BCUT2D eigenvalue weighted by Gasteiger charge is -2.30. The third-order valence-corrected chi connectivity index (χ3v) is 4.21. The molecular weight excluding hydrogens is 288 g/mol. The lowest BCUT2D eigenvalue weighted by molar-refractivity contribution is 0.0366. The summed E-state index contributed by atoms with van der Waals surface area (Å²) in [6.07, 6.45) is 4.39. The molecule has 114 valence electrons. The third-order valence-electron chi connectivity index (χ3n) is 3.88. The highest BCUT2D eigenvalue weighted by Crippen LogP contribution is 2.37. The molecule has 3 nitrogen and oxygen atoms in total. The van der Waals surface area contributed by atoms with Crippen molar-refractivity contribution in [1.29, 1.82) is 0 Å². The van der Waals surface area contributed by atoms with Crippen LogP contribution in [0.5, 0.6) is 0 Å². The molecule has 1 saturated carbocycles. The zero-order valence-corrected chi connectivity index (χ0v) is 13.0. The molecule has 2 rings (SSSR count). The number of hydrogen-bond acceptors (Lipinski definition) is 2. The normalized spacial score (nSPS) is 22.0. The highest BCUT2D eigenvalue weighted by Gasteiger charge is 2.25. The molecule has 0 spiro atoms. The van der Waals surface area contributed by atoms with Gasteiger partial charge in [0.05, 0.1) is 18.3 Å². The molecule has 1 aromatic rings. The highest BCUT2D eigenvalue weighted by atomic mass is 35.5. The maximum absolute atomic E-state index is 11.0. The van der Waals surface area contributed by atoms with Gasteiger partial charge in [0, 0.05) is 5.02 Å². The van der Waals surface area contributed by atoms with Crippen LogP contribution in [0.15, 0.2) is 30.4 Å². The van der Waals surface area contributed by atoms with Crippen LogP contribution in [0.4, 0.5) is 0 Å². The average molecular weight is 309 g/mol. The summed E-state index contributed by atoms with van der Waals surface area (Å²) in [7, 11) is 0. The Labute approximate surface area is 130 Å². The van der Waals surface area contributed by atoms with Crippen molar-refractivity contribution in [3.8, 4) is 0 Å². The standard InChI is InChI=1S/C17H21ClO3/c1-11(2)10-21-14-5-3-4-12(8-14)15-7-6-13(17(19)20)9-16(15)18/h6-7,9,12,14H,1,3-5,8,10H2,2H3,(H,19,20). The van der Waals surface area contributed by atoms with E-state index in [0.717, 1.165) is 36.8 Å². The van der Waals surface area contributed by atoms with Crippen LogP contribution in [0.1, 0.15) is 54.4 Å². The van der Waals surface area contributed by atoms with Crippen LogP contribution in [-0.2, 0) is 4.74 Å². The van der Waals surface area contributed by atoms with E-state index in [4.69, 9.17) is 21.4 Å². The van der Waals surface area contributed by atoms with Crippen LogP contribution in [0.2, 0.25) is 5.02 Å². The van der Waals surface area contributed by atoms with Gasteiger partial charge in [-0.05, 0) is 49.8 Å². The number of benzene rings is 1. The molecule has 4 heteroatoms. The predicted molar refractivity (Wildman–Crippen MR) is 84.2 cm³/mol. The van der Waals surface area contributed by atoms with E-state index in [1.54, 1.807) is 6.07 Å². The Kier molecular flexibility index (Phi) is 5.43. The fourth-order valence-corrected chi connectivity index (χ4v) is 3.17. The van der Waals surface area contributed by atoms with Crippen molar-refractivity contribution in [2.45, 2.75) is 44.6 Å². The summed E-state index contributed by atoms with van der Waals surface area (Å²) >= 11 is 6.26. The topological polar surface area (TPSA) is 46.5 Å². The average Bonchev–Trinajstić information content (AvgIpc) is 2.45. The van der Waals surface area contributed by atoms with Crippen molar-refractivity contribution in [1.82, 2.24) is 0 Å². The second-order valence-electron chi connectivity index (χ2n) is 5.80. The van der Waals surface area contributed by atoms with Crippen LogP contribution in [-0.4, -0.2) is 23.8 Å². The summed E-state index contributed by atoms with van der Waals surface area (Å²) < 4.78 is 5.86. The first kappa shape index (κ1) is 16.1. The van der Waals surface area contributed by atoms with Crippen molar-refractivity contribution >= 4 is 17.6 Å². The molecule has 2 atom stereocenters. The van der Waals surface area contributed by atoms with Gasteiger partial charge >= 0.3 is 5.97 Å². The number of hydrogen-bond donors (Lipinski definition) is 1. The summed E-state index contributed by atoms with van der Waals surface area (Å²) in [5.41, 5.74) is 2.29. The smallest absolute Gasteiger partial charge is 0.335 e. The van der Waals surface area contributed by atoms with E-state index < -0.39 is 5.97 Å². The van der Waals surface area contributed by atoms with Crippen molar-refractivity contribution in [2.75, 3.05) is 6.61 Å². The van der Waals surface area contributed by atoms with Gasteiger partial charge in [0.15, 0.2) is 0 Å². The number of carboxylic acids is 1. The van der Waals surface area contributed by atoms with Crippen LogP contribution in [0.3, 0.4) is 0 Å². The van der Waals surface area contributed by atoms with E-state index in [0.29, 0.717) is 17.5 Å². The molecule has 1 aliphatic rings. The maximum Gasteiger partial charge on any atom is 0.335 e. The monoisotopic (exact) mass is 308 g/mol. The molecule has 1 aromatic carbocycles. The number of carboxylic acid groups (broad SMARTS) is 1. The number of halogens is 1. The van der Waals surface area contributed by atoms with Gasteiger partial charge in [-0.15, -0.1) is 0 Å². The number of aromatic carboxylic acids is 1. The molecule has 0 aromatic heterocycles. The van der Waals surface area contributed by atoms with Gasteiger partial charge in [-0.3, -0.25) is 0 Å². The Morgan fingerprint density at radius 3 is 2.86 bits per heavy atom. The van der Waals surface area contributed by atoms with Crippen molar-refractivity contribution < 1.29 is 14.6 Å². The van der Waals surface area contributed by atoms with E-state index in [9.17, 15) is 4.79 Å². The van der Waals surface area contributed by atoms with Crippen LogP contribution in [0, 0.1) is 0 Å². The number of carbonyl (C=O) groups is 1. The zero-order chi connectivity index (χ0) is 15.4. The molecule has 2 unspecified atom stereocenters. The molecule has 0 bridgehead atoms. The molecule has 0 heterocycles. The van der Waals surface area contributed by atoms with E-state index in [1.165, 1.54) is 6.07 Å². The highest BCUT2D eigenvalue weighted by molar-refractivity contribution is 6.31. The largest absolute Gasteiger partial charge is 0.478 e. The molecular formula is C17H21ClO3. The van der Waals surface area contributed by atoms with Crippen molar-refractivity contribution in [3.63, 3.8) is 0 Å². The van der Waals surface area contributed by atoms with E-state index in [2.05, 4.69) is 6.58 Å². The van der Waals surface area contributed by atoms with Gasteiger partial charge in [0.1, 0.15) is 0 Å². The zero-order valence-electron chi connectivity index (χ0n) is 12.3. The number of rotatable bonds is 5. The summed E-state index contributed by atoms with van der Waals surface area (Å²) in [6, 6.07) is 5.01. The second kappa shape index (κ2) is 7.10. The fraction of sp³-hybridized carbons (Fsp3) is 0.471. The van der Waals surface area contributed by atoms with Crippen LogP contribution >= 0.6 is 11.6 Å². The lowest BCUT2D eigenvalue weighted by atomic mass is 9.82. The van der Waals surface area contributed by atoms with Crippen molar-refractivity contribution in [2.24, 2.45) is 0 Å². The molecule has 0 radical (unpaired) electrons. The van der Waals surface area contributed by atoms with Crippen molar-refractivity contribution in [3.05, 3.63) is 46.5 Å². The van der Waals surface area contributed by atoms with E-state index in [-0.39, 0.29) is 11.7 Å². The Hall–Kier alpha value is -1.32. The maximum atomic E-state index is 11.0. The summed E-state index contributed by atoms with van der Waals surface area (Å²) in [4.78, 5) is 11.0. The van der Waals surface area contributed by atoms with Gasteiger partial charge in [0.2, 0.25) is 0 Å². The Bertz CT molecular complexity index is 539. The molecule has 1 N–H and O–H groups in total. The molecule has 0 saturated heterocycles. The minimum atomic E-state index is -0.949.